The van der Waals surface area contributed by atoms with Gasteiger partial charge >= 0.3 is 0 Å². The summed E-state index contributed by atoms with van der Waals surface area (Å²) in [5.74, 6) is 2.16. The number of nitrogens with zero attached hydrogens (tertiary/aromatic N) is 3. The van der Waals surface area contributed by atoms with E-state index in [-0.39, 0.29) is 0 Å². The van der Waals surface area contributed by atoms with Crippen LogP contribution in [0.15, 0.2) is 40.7 Å². The van der Waals surface area contributed by atoms with Gasteiger partial charge in [-0.3, -0.25) is 4.99 Å². The van der Waals surface area contributed by atoms with Crippen LogP contribution in [0.1, 0.15) is 19.0 Å². The Morgan fingerprint density at radius 1 is 1.38 bits per heavy atom. The molecule has 0 saturated carbocycles. The Kier molecular flexibility index (Phi) is 6.15. The summed E-state index contributed by atoms with van der Waals surface area (Å²) in [7, 11) is 1.86. The molecule has 4 nitrogen and oxygen atoms in total. The van der Waals surface area contributed by atoms with Crippen LogP contribution < -0.4 is 5.32 Å². The number of hydrogen-bond acceptors (Lipinski definition) is 4. The van der Waals surface area contributed by atoms with Crippen LogP contribution >= 0.6 is 23.1 Å². The number of guanidine groups is 1. The second-order valence-electron chi connectivity index (χ2n) is 5.76. The number of nitrogens with one attached hydrogen (secondary N) is 1. The van der Waals surface area contributed by atoms with Crippen molar-refractivity contribution in [3.8, 4) is 10.6 Å². The fourth-order valence-corrected chi connectivity index (χ4v) is 4.77. The maximum atomic E-state index is 4.74. The molecule has 24 heavy (non-hydrogen) atoms. The van der Waals surface area contributed by atoms with Crippen molar-refractivity contribution < 1.29 is 0 Å². The van der Waals surface area contributed by atoms with E-state index >= 15 is 0 Å². The van der Waals surface area contributed by atoms with E-state index < -0.39 is 0 Å². The summed E-state index contributed by atoms with van der Waals surface area (Å²) < 4.78 is 0. The van der Waals surface area contributed by atoms with Gasteiger partial charge in [-0.1, -0.05) is 37.3 Å². The molecule has 2 heterocycles. The van der Waals surface area contributed by atoms with E-state index in [0.717, 1.165) is 36.3 Å². The standard InChI is InChI=1S/C18H24N4S2/c1-3-16-12-22(9-10-23-16)18(19-2)20-11-15-13-24-17(21-15)14-7-5-4-6-8-14/h4-8,13,16H,3,9-12H2,1-2H3,(H,19,20). The minimum Gasteiger partial charge on any atom is -0.351 e. The van der Waals surface area contributed by atoms with E-state index in [1.54, 1.807) is 11.3 Å². The Labute approximate surface area is 152 Å². The zero-order valence-corrected chi connectivity index (χ0v) is 15.9. The molecular formula is C18H24N4S2. The predicted octanol–water partition coefficient (Wildman–Crippen LogP) is 3.71. The van der Waals surface area contributed by atoms with Gasteiger partial charge in [0.15, 0.2) is 5.96 Å². The number of thiazole rings is 1. The average molecular weight is 361 g/mol. The first-order valence-corrected chi connectivity index (χ1v) is 10.3. The Hall–Kier alpha value is -1.53. The molecular weight excluding hydrogens is 336 g/mol. The number of thioether (sulfide) groups is 1. The van der Waals surface area contributed by atoms with Crippen molar-refractivity contribution in [2.45, 2.75) is 25.1 Å². The topological polar surface area (TPSA) is 40.5 Å². The Bertz CT molecular complexity index is 669. The first-order valence-electron chi connectivity index (χ1n) is 8.37. The van der Waals surface area contributed by atoms with Gasteiger partial charge in [-0.25, -0.2) is 4.98 Å². The van der Waals surface area contributed by atoms with E-state index in [9.17, 15) is 0 Å². The smallest absolute Gasteiger partial charge is 0.194 e. The van der Waals surface area contributed by atoms with E-state index in [1.165, 1.54) is 17.7 Å². The van der Waals surface area contributed by atoms with Crippen LogP contribution in [0, 0.1) is 0 Å². The number of aromatic nitrogens is 1. The van der Waals surface area contributed by atoms with Gasteiger partial charge in [-0.05, 0) is 6.42 Å². The normalized spacial score (nSPS) is 18.7. The zero-order chi connectivity index (χ0) is 16.8. The summed E-state index contributed by atoms with van der Waals surface area (Å²) in [5.41, 5.74) is 2.25. The number of hydrogen-bond donors (Lipinski definition) is 1. The highest BCUT2D eigenvalue weighted by molar-refractivity contribution is 8.00. The summed E-state index contributed by atoms with van der Waals surface area (Å²) >= 11 is 3.77. The largest absolute Gasteiger partial charge is 0.351 e. The third-order valence-corrected chi connectivity index (χ3v) is 6.42. The highest BCUT2D eigenvalue weighted by Gasteiger charge is 2.21. The second kappa shape index (κ2) is 8.53. The summed E-state index contributed by atoms with van der Waals surface area (Å²) in [4.78, 5) is 11.6. The minimum atomic E-state index is 0.709. The molecule has 1 aromatic heterocycles. The molecule has 1 fully saturated rings. The van der Waals surface area contributed by atoms with Gasteiger partial charge in [-0.15, -0.1) is 11.3 Å². The molecule has 6 heteroatoms. The molecule has 0 amide bonds. The minimum absolute atomic E-state index is 0.709. The Morgan fingerprint density at radius 3 is 2.96 bits per heavy atom. The number of aliphatic imine (C=N–C) groups is 1. The molecule has 0 radical (unpaired) electrons. The number of rotatable bonds is 4. The van der Waals surface area contributed by atoms with Gasteiger partial charge < -0.3 is 10.2 Å². The third kappa shape index (κ3) is 4.30. The van der Waals surface area contributed by atoms with Gasteiger partial charge in [0.05, 0.1) is 12.2 Å². The van der Waals surface area contributed by atoms with Gasteiger partial charge in [-0.2, -0.15) is 11.8 Å². The van der Waals surface area contributed by atoms with Crippen LogP contribution in [-0.4, -0.2) is 47.0 Å². The molecule has 0 spiro atoms. The van der Waals surface area contributed by atoms with Gasteiger partial charge in [0.1, 0.15) is 5.01 Å². The molecule has 1 aromatic carbocycles. The van der Waals surface area contributed by atoms with Crippen LogP contribution in [0.4, 0.5) is 0 Å². The molecule has 1 unspecified atom stereocenters. The average Bonchev–Trinajstić information content (AvgIpc) is 3.12. The Balaban J connectivity index is 1.59. The maximum Gasteiger partial charge on any atom is 0.194 e. The SMILES string of the molecule is CCC1CN(C(=NC)NCc2csc(-c3ccccc3)n2)CCS1. The first-order chi connectivity index (χ1) is 11.8. The molecule has 1 aliphatic rings. The molecule has 128 valence electrons. The first kappa shape index (κ1) is 17.3. The van der Waals surface area contributed by atoms with Crippen LogP contribution in [0.5, 0.6) is 0 Å². The van der Waals surface area contributed by atoms with E-state index in [4.69, 9.17) is 4.98 Å². The molecule has 1 saturated heterocycles. The fourth-order valence-electron chi connectivity index (χ4n) is 2.76. The van der Waals surface area contributed by atoms with Crippen molar-refractivity contribution in [3.05, 3.63) is 41.4 Å². The third-order valence-electron chi connectivity index (χ3n) is 4.11. The van der Waals surface area contributed by atoms with Crippen molar-refractivity contribution in [2.24, 2.45) is 4.99 Å². The second-order valence-corrected chi connectivity index (χ2v) is 8.02. The van der Waals surface area contributed by atoms with Crippen molar-refractivity contribution in [1.82, 2.24) is 15.2 Å². The summed E-state index contributed by atoms with van der Waals surface area (Å²) in [5, 5.41) is 7.39. The molecule has 2 aromatic rings. The lowest BCUT2D eigenvalue weighted by Gasteiger charge is -2.34. The van der Waals surface area contributed by atoms with Crippen LogP contribution in [0.25, 0.3) is 10.6 Å². The summed E-state index contributed by atoms with van der Waals surface area (Å²) in [6.07, 6.45) is 1.21. The van der Waals surface area contributed by atoms with Crippen molar-refractivity contribution in [3.63, 3.8) is 0 Å². The van der Waals surface area contributed by atoms with E-state index in [1.807, 2.05) is 13.1 Å². The van der Waals surface area contributed by atoms with E-state index in [0.29, 0.717) is 5.25 Å². The highest BCUT2D eigenvalue weighted by Crippen LogP contribution is 2.23. The van der Waals surface area contributed by atoms with Crippen molar-refractivity contribution in [1.29, 1.82) is 0 Å². The molecule has 0 aliphatic carbocycles. The number of benzene rings is 1. The maximum absolute atomic E-state index is 4.74. The quantitative estimate of drug-likeness (QED) is 0.666. The van der Waals surface area contributed by atoms with E-state index in [2.05, 4.69) is 63.5 Å². The van der Waals surface area contributed by atoms with Crippen LogP contribution in [0.3, 0.4) is 0 Å². The van der Waals surface area contributed by atoms with Gasteiger partial charge in [0, 0.05) is 42.1 Å². The molecule has 1 aliphatic heterocycles. The molecule has 0 bridgehead atoms. The summed E-state index contributed by atoms with van der Waals surface area (Å²) in [6, 6.07) is 10.3. The molecule has 1 N–H and O–H groups in total. The lowest BCUT2D eigenvalue weighted by atomic mass is 10.2. The van der Waals surface area contributed by atoms with Crippen LogP contribution in [-0.2, 0) is 6.54 Å². The monoisotopic (exact) mass is 360 g/mol. The van der Waals surface area contributed by atoms with Gasteiger partial charge in [0.2, 0.25) is 0 Å². The molecule has 1 atom stereocenters. The predicted molar refractivity (Wildman–Crippen MR) is 106 cm³/mol. The fraction of sp³-hybridized carbons (Fsp3) is 0.444. The van der Waals surface area contributed by atoms with Crippen molar-refractivity contribution >= 4 is 29.1 Å². The zero-order valence-electron chi connectivity index (χ0n) is 14.2. The summed E-state index contributed by atoms with van der Waals surface area (Å²) in [6.45, 7) is 5.12. The highest BCUT2D eigenvalue weighted by atomic mass is 32.2. The van der Waals surface area contributed by atoms with Crippen molar-refractivity contribution in [2.75, 3.05) is 25.9 Å². The lowest BCUT2D eigenvalue weighted by Crippen LogP contribution is -2.47. The molecule has 3 rings (SSSR count). The van der Waals surface area contributed by atoms with Crippen LogP contribution in [0.2, 0.25) is 0 Å². The lowest BCUT2D eigenvalue weighted by molar-refractivity contribution is 0.408. The van der Waals surface area contributed by atoms with Gasteiger partial charge in [0.25, 0.3) is 0 Å². The Morgan fingerprint density at radius 2 is 2.21 bits per heavy atom.